The zero-order valence-corrected chi connectivity index (χ0v) is 23.1. The van der Waals surface area contributed by atoms with E-state index in [0.717, 1.165) is 11.2 Å². The van der Waals surface area contributed by atoms with Crippen molar-refractivity contribution in [2.24, 2.45) is 11.5 Å². The maximum atomic E-state index is 13.4. The van der Waals surface area contributed by atoms with Crippen molar-refractivity contribution in [3.05, 3.63) is 58.9 Å². The third kappa shape index (κ3) is 4.56. The second-order valence-corrected chi connectivity index (χ2v) is 10.2. The molecule has 6 rings (SSSR count). The molecule has 3 aromatic heterocycles. The van der Waals surface area contributed by atoms with Crippen molar-refractivity contribution in [3.63, 3.8) is 0 Å². The van der Waals surface area contributed by atoms with Crippen LogP contribution >= 0.6 is 0 Å². The van der Waals surface area contributed by atoms with E-state index in [1.54, 1.807) is 41.1 Å². The van der Waals surface area contributed by atoms with Gasteiger partial charge >= 0.3 is 0 Å². The first kappa shape index (κ1) is 26.8. The van der Waals surface area contributed by atoms with Crippen molar-refractivity contribution in [3.8, 4) is 5.75 Å². The van der Waals surface area contributed by atoms with E-state index in [1.165, 1.54) is 0 Å². The molecule has 0 bridgehead atoms. The number of ether oxygens (including phenoxy) is 1. The average Bonchev–Trinajstić information content (AvgIpc) is 3.62. The van der Waals surface area contributed by atoms with Crippen molar-refractivity contribution in [2.75, 3.05) is 17.7 Å². The van der Waals surface area contributed by atoms with Crippen molar-refractivity contribution in [1.29, 1.82) is 0 Å². The first-order valence-corrected chi connectivity index (χ1v) is 13.5. The second-order valence-electron chi connectivity index (χ2n) is 10.2. The number of imidazole rings is 2. The number of hydrogen-bond donors (Lipinski definition) is 4. The van der Waals surface area contributed by atoms with Crippen molar-refractivity contribution in [2.45, 2.75) is 45.8 Å². The molecule has 0 fully saturated rings. The Labute approximate surface area is 239 Å². The van der Waals surface area contributed by atoms with Gasteiger partial charge in [0, 0.05) is 24.2 Å². The van der Waals surface area contributed by atoms with Crippen LogP contribution in [-0.2, 0) is 13.1 Å². The molecule has 7 N–H and O–H groups in total. The lowest BCUT2D eigenvalue weighted by molar-refractivity contribution is 0.0991. The van der Waals surface area contributed by atoms with E-state index in [-0.39, 0.29) is 24.1 Å². The van der Waals surface area contributed by atoms with Crippen molar-refractivity contribution >= 4 is 51.7 Å². The predicted octanol–water partition coefficient (Wildman–Crippen LogP) is 2.36. The number of carbonyl (C=O) groups excluding carboxylic acids is 3. The van der Waals surface area contributed by atoms with Crippen LogP contribution in [0.1, 0.15) is 62.7 Å². The van der Waals surface area contributed by atoms with Crippen LogP contribution in [0.2, 0.25) is 0 Å². The minimum Gasteiger partial charge on any atom is -0.489 e. The van der Waals surface area contributed by atoms with Crippen LogP contribution in [0.3, 0.4) is 0 Å². The molecule has 0 saturated heterocycles. The first-order chi connectivity index (χ1) is 20.1. The van der Waals surface area contributed by atoms with Crippen molar-refractivity contribution in [1.82, 2.24) is 28.9 Å². The maximum absolute atomic E-state index is 13.4. The summed E-state index contributed by atoms with van der Waals surface area (Å²) in [5.74, 6) is -0.353. The first-order valence-electron chi connectivity index (χ1n) is 13.5. The number of amides is 3. The molecule has 5 aromatic rings. The van der Waals surface area contributed by atoms with E-state index in [0.29, 0.717) is 71.4 Å². The summed E-state index contributed by atoms with van der Waals surface area (Å²) < 4.78 is 11.5. The van der Waals surface area contributed by atoms with Gasteiger partial charge in [0.15, 0.2) is 0 Å². The predicted molar refractivity (Wildman–Crippen MR) is 155 cm³/mol. The molecule has 3 amide bonds. The minimum atomic E-state index is -0.602. The zero-order valence-electron chi connectivity index (χ0n) is 23.1. The van der Waals surface area contributed by atoms with Crippen molar-refractivity contribution < 1.29 is 19.1 Å². The van der Waals surface area contributed by atoms with E-state index in [2.05, 4.69) is 20.4 Å². The molecule has 2 aromatic carbocycles. The smallest absolute Gasteiger partial charge is 0.276 e. The SMILES string of the molecule is CCn1nc(C)cc1C(=O)Nc1nc2cc(C(N)=O)cc3c2n1[C@H](CCCn1c(N)nc2cc(C(N)=O)ccc21)CO3. The third-order valence-corrected chi connectivity index (χ3v) is 7.47. The molecule has 1 aliphatic heterocycles. The van der Waals surface area contributed by atoms with Gasteiger partial charge in [0.05, 0.1) is 28.3 Å². The third-order valence-electron chi connectivity index (χ3n) is 7.47. The van der Waals surface area contributed by atoms with E-state index in [9.17, 15) is 14.4 Å². The number of nitrogens with zero attached hydrogens (tertiary/aromatic N) is 6. The van der Waals surface area contributed by atoms with Crippen LogP contribution in [0, 0.1) is 6.92 Å². The highest BCUT2D eigenvalue weighted by atomic mass is 16.5. The summed E-state index contributed by atoms with van der Waals surface area (Å²) in [6, 6.07) is 9.79. The Morgan fingerprint density at radius 2 is 1.81 bits per heavy atom. The number of carbonyl (C=O) groups is 3. The highest BCUT2D eigenvalue weighted by Crippen LogP contribution is 2.39. The molecule has 14 heteroatoms. The topological polar surface area (TPSA) is 204 Å². The fourth-order valence-corrected chi connectivity index (χ4v) is 5.52. The number of aryl methyl sites for hydroxylation is 3. The highest BCUT2D eigenvalue weighted by Gasteiger charge is 2.29. The molecule has 216 valence electrons. The van der Waals surface area contributed by atoms with E-state index < -0.39 is 11.8 Å². The Bertz CT molecular complexity index is 1900. The Kier molecular flexibility index (Phi) is 6.52. The molecule has 0 unspecified atom stereocenters. The highest BCUT2D eigenvalue weighted by molar-refractivity contribution is 6.04. The van der Waals surface area contributed by atoms with Crippen LogP contribution < -0.4 is 27.3 Å². The van der Waals surface area contributed by atoms with E-state index in [1.807, 2.05) is 23.0 Å². The molecule has 42 heavy (non-hydrogen) atoms. The number of aromatic nitrogens is 6. The van der Waals surface area contributed by atoms with Gasteiger partial charge in [0.25, 0.3) is 5.91 Å². The number of nitrogen functional groups attached to an aromatic ring is 1. The molecule has 0 radical (unpaired) electrons. The molecule has 14 nitrogen and oxygen atoms in total. The summed E-state index contributed by atoms with van der Waals surface area (Å²) in [7, 11) is 0. The van der Waals surface area contributed by atoms with Gasteiger partial charge in [-0.3, -0.25) is 24.4 Å². The standard InChI is InChI=1S/C28H30N10O4/c1-3-37-21(9-14(2)35-37)26(41)34-28-33-19-11-16(25(30)40)12-22-23(19)38(28)17(13-42-22)5-4-8-36-20-7-6-15(24(29)39)10-18(20)32-27(36)31/h6-7,9-12,17H,3-5,8,13H2,1-2H3,(H2,29,39)(H2,30,40)(H2,31,32)(H,33,34,41)/t17-/m1/s1. The number of primary amides is 2. The second kappa shape index (κ2) is 10.2. The van der Waals surface area contributed by atoms with Crippen LogP contribution in [-0.4, -0.2) is 53.2 Å². The fraction of sp³-hybridized carbons (Fsp3) is 0.286. The van der Waals surface area contributed by atoms with Gasteiger partial charge < -0.3 is 31.1 Å². The molecule has 0 aliphatic carbocycles. The summed E-state index contributed by atoms with van der Waals surface area (Å²) in [6.07, 6.45) is 1.33. The Balaban J connectivity index is 1.31. The molecule has 0 spiro atoms. The van der Waals surface area contributed by atoms with Crippen LogP contribution in [0.15, 0.2) is 36.4 Å². The van der Waals surface area contributed by atoms with Crippen LogP contribution in [0.25, 0.3) is 22.1 Å². The fourth-order valence-electron chi connectivity index (χ4n) is 5.52. The van der Waals surface area contributed by atoms with Crippen LogP contribution in [0.4, 0.5) is 11.9 Å². The number of nitrogens with two attached hydrogens (primary N) is 3. The molecule has 0 saturated carbocycles. The van der Waals surface area contributed by atoms with Gasteiger partial charge in [-0.1, -0.05) is 0 Å². The number of hydrogen-bond acceptors (Lipinski definition) is 8. The summed E-state index contributed by atoms with van der Waals surface area (Å²) >= 11 is 0. The number of nitrogens with one attached hydrogen (secondary N) is 1. The number of anilines is 2. The number of benzene rings is 2. The summed E-state index contributed by atoms with van der Waals surface area (Å²) in [4.78, 5) is 46.0. The van der Waals surface area contributed by atoms with Gasteiger partial charge in [0.2, 0.25) is 23.7 Å². The molecule has 4 heterocycles. The largest absolute Gasteiger partial charge is 0.489 e. The zero-order chi connectivity index (χ0) is 29.7. The Hall–Kier alpha value is -5.40. The summed E-state index contributed by atoms with van der Waals surface area (Å²) in [5.41, 5.74) is 21.5. The lowest BCUT2D eigenvalue weighted by Gasteiger charge is -2.27. The molecular weight excluding hydrogens is 540 g/mol. The summed E-state index contributed by atoms with van der Waals surface area (Å²) in [6.45, 7) is 5.11. The Morgan fingerprint density at radius 1 is 1.05 bits per heavy atom. The lowest BCUT2D eigenvalue weighted by atomic mass is 10.1. The number of rotatable bonds is 9. The minimum absolute atomic E-state index is 0.187. The molecular formula is C28H30N10O4. The van der Waals surface area contributed by atoms with Crippen LogP contribution in [0.5, 0.6) is 5.75 Å². The Morgan fingerprint density at radius 3 is 2.55 bits per heavy atom. The summed E-state index contributed by atoms with van der Waals surface area (Å²) in [5, 5.41) is 7.33. The van der Waals surface area contributed by atoms with Gasteiger partial charge in [0.1, 0.15) is 23.6 Å². The molecule has 1 atom stereocenters. The molecule has 1 aliphatic rings. The van der Waals surface area contributed by atoms with E-state index in [4.69, 9.17) is 21.9 Å². The average molecular weight is 571 g/mol. The van der Waals surface area contributed by atoms with E-state index >= 15 is 0 Å². The van der Waals surface area contributed by atoms with Gasteiger partial charge in [-0.2, -0.15) is 5.10 Å². The van der Waals surface area contributed by atoms with Gasteiger partial charge in [-0.25, -0.2) is 9.97 Å². The quantitative estimate of drug-likeness (QED) is 0.206. The monoisotopic (exact) mass is 570 g/mol. The van der Waals surface area contributed by atoms with Gasteiger partial charge in [-0.15, -0.1) is 0 Å². The van der Waals surface area contributed by atoms with Gasteiger partial charge in [-0.05, 0) is 63.1 Å². The maximum Gasteiger partial charge on any atom is 0.276 e. The lowest BCUT2D eigenvalue weighted by Crippen LogP contribution is -2.26. The number of fused-ring (bicyclic) bond motifs is 1. The normalized spacial score (nSPS) is 14.3.